The van der Waals surface area contributed by atoms with Crippen molar-refractivity contribution in [3.05, 3.63) is 58.9 Å². The van der Waals surface area contributed by atoms with Crippen molar-refractivity contribution in [2.24, 2.45) is 0 Å². The van der Waals surface area contributed by atoms with E-state index in [0.29, 0.717) is 24.0 Å². The van der Waals surface area contributed by atoms with Gasteiger partial charge in [0.1, 0.15) is 0 Å². The van der Waals surface area contributed by atoms with Crippen LogP contribution >= 0.6 is 11.6 Å². The van der Waals surface area contributed by atoms with E-state index in [-0.39, 0.29) is 23.1 Å². The Morgan fingerprint density at radius 1 is 1.17 bits per heavy atom. The van der Waals surface area contributed by atoms with Gasteiger partial charge in [-0.25, -0.2) is 4.79 Å². The predicted molar refractivity (Wildman–Crippen MR) is 107 cm³/mol. The van der Waals surface area contributed by atoms with E-state index in [1.807, 2.05) is 30.3 Å². The molecule has 0 aliphatic rings. The standard InChI is InChI=1S/C21H21ClN2O5/c1-3-4-10-27-19-16(22)11-15(12-17(19)26-2)21(25)28-13-18-23-24-20(29-18)14-8-6-5-7-9-14/h5-9,11-12H,3-4,10,13H2,1-2H3. The lowest BCUT2D eigenvalue weighted by Gasteiger charge is -2.13. The van der Waals surface area contributed by atoms with Crippen molar-refractivity contribution in [1.29, 1.82) is 0 Å². The van der Waals surface area contributed by atoms with Crippen molar-refractivity contribution in [3.63, 3.8) is 0 Å². The first-order valence-electron chi connectivity index (χ1n) is 9.17. The third-order valence-electron chi connectivity index (χ3n) is 4.02. The van der Waals surface area contributed by atoms with Crippen molar-refractivity contribution in [3.8, 4) is 23.0 Å². The van der Waals surface area contributed by atoms with Gasteiger partial charge in [-0.1, -0.05) is 43.1 Å². The van der Waals surface area contributed by atoms with Gasteiger partial charge in [0.15, 0.2) is 18.1 Å². The lowest BCUT2D eigenvalue weighted by Crippen LogP contribution is -2.07. The minimum absolute atomic E-state index is 0.159. The maximum absolute atomic E-state index is 12.4. The molecule has 7 nitrogen and oxygen atoms in total. The molecular formula is C21H21ClN2O5. The van der Waals surface area contributed by atoms with Gasteiger partial charge in [-0.15, -0.1) is 10.2 Å². The van der Waals surface area contributed by atoms with Crippen molar-refractivity contribution in [2.75, 3.05) is 13.7 Å². The molecule has 0 bridgehead atoms. The molecule has 0 N–H and O–H groups in total. The van der Waals surface area contributed by atoms with Gasteiger partial charge >= 0.3 is 5.97 Å². The lowest BCUT2D eigenvalue weighted by molar-refractivity contribution is 0.0438. The molecule has 0 fully saturated rings. The number of carbonyl (C=O) groups excluding carboxylic acids is 1. The molecule has 0 saturated carbocycles. The highest BCUT2D eigenvalue weighted by atomic mass is 35.5. The highest BCUT2D eigenvalue weighted by molar-refractivity contribution is 6.32. The number of carbonyl (C=O) groups is 1. The van der Waals surface area contributed by atoms with E-state index in [1.54, 1.807) is 0 Å². The summed E-state index contributed by atoms with van der Waals surface area (Å²) in [4.78, 5) is 12.4. The number of hydrogen-bond acceptors (Lipinski definition) is 7. The third-order valence-corrected chi connectivity index (χ3v) is 4.30. The summed E-state index contributed by atoms with van der Waals surface area (Å²) >= 11 is 6.27. The fourth-order valence-electron chi connectivity index (χ4n) is 2.52. The minimum Gasteiger partial charge on any atom is -0.493 e. The van der Waals surface area contributed by atoms with Gasteiger partial charge in [0, 0.05) is 5.56 Å². The van der Waals surface area contributed by atoms with E-state index >= 15 is 0 Å². The first-order chi connectivity index (χ1) is 14.1. The predicted octanol–water partition coefficient (Wildman–Crippen LogP) is 4.93. The van der Waals surface area contributed by atoms with Gasteiger partial charge < -0.3 is 18.6 Å². The van der Waals surface area contributed by atoms with Gasteiger partial charge in [0.05, 0.1) is 24.3 Å². The molecule has 0 saturated heterocycles. The second-order valence-electron chi connectivity index (χ2n) is 6.13. The van der Waals surface area contributed by atoms with Crippen molar-refractivity contribution in [2.45, 2.75) is 26.4 Å². The van der Waals surface area contributed by atoms with Gasteiger partial charge in [0.25, 0.3) is 5.89 Å². The summed E-state index contributed by atoms with van der Waals surface area (Å²) in [6.45, 7) is 2.41. The number of nitrogens with zero attached hydrogens (tertiary/aromatic N) is 2. The van der Waals surface area contributed by atoms with Crippen LogP contribution in [-0.4, -0.2) is 29.9 Å². The molecular weight excluding hydrogens is 396 g/mol. The van der Waals surface area contributed by atoms with Crippen LogP contribution in [0.5, 0.6) is 11.5 Å². The minimum atomic E-state index is -0.593. The molecule has 0 unspecified atom stereocenters. The smallest absolute Gasteiger partial charge is 0.338 e. The molecule has 0 spiro atoms. The maximum Gasteiger partial charge on any atom is 0.338 e. The van der Waals surface area contributed by atoms with E-state index in [1.165, 1.54) is 19.2 Å². The quantitative estimate of drug-likeness (QED) is 0.361. The van der Waals surface area contributed by atoms with Crippen LogP contribution in [0.2, 0.25) is 5.02 Å². The Bertz CT molecular complexity index is 959. The average molecular weight is 417 g/mol. The number of halogens is 1. The van der Waals surface area contributed by atoms with Crippen LogP contribution in [0.25, 0.3) is 11.5 Å². The Morgan fingerprint density at radius 3 is 2.69 bits per heavy atom. The zero-order valence-electron chi connectivity index (χ0n) is 16.2. The molecule has 0 atom stereocenters. The molecule has 3 aromatic rings. The molecule has 0 aliphatic heterocycles. The summed E-state index contributed by atoms with van der Waals surface area (Å²) in [5, 5.41) is 8.14. The van der Waals surface area contributed by atoms with Crippen molar-refractivity contribution >= 4 is 17.6 Å². The van der Waals surface area contributed by atoms with Crippen molar-refractivity contribution < 1.29 is 23.4 Å². The Kier molecular flexibility index (Phi) is 7.08. The van der Waals surface area contributed by atoms with Crippen molar-refractivity contribution in [1.82, 2.24) is 10.2 Å². The monoisotopic (exact) mass is 416 g/mol. The molecule has 1 aromatic heterocycles. The lowest BCUT2D eigenvalue weighted by atomic mass is 10.2. The molecule has 29 heavy (non-hydrogen) atoms. The molecule has 3 rings (SSSR count). The van der Waals surface area contributed by atoms with Gasteiger partial charge in [-0.3, -0.25) is 0 Å². The number of esters is 1. The summed E-state index contributed by atoms with van der Waals surface area (Å²) in [6.07, 6.45) is 1.88. The normalized spacial score (nSPS) is 10.6. The summed E-state index contributed by atoms with van der Waals surface area (Å²) in [5.74, 6) is 0.725. The Morgan fingerprint density at radius 2 is 1.97 bits per heavy atom. The van der Waals surface area contributed by atoms with Crippen LogP contribution in [0.15, 0.2) is 46.9 Å². The molecule has 8 heteroatoms. The average Bonchev–Trinajstić information content (AvgIpc) is 3.22. The summed E-state index contributed by atoms with van der Waals surface area (Å²) in [7, 11) is 1.48. The topological polar surface area (TPSA) is 83.7 Å². The number of hydrogen-bond donors (Lipinski definition) is 0. The molecule has 1 heterocycles. The summed E-state index contributed by atoms with van der Waals surface area (Å²) in [6, 6.07) is 12.3. The van der Waals surface area contributed by atoms with Crippen LogP contribution in [0.3, 0.4) is 0 Å². The number of ether oxygens (including phenoxy) is 3. The van der Waals surface area contributed by atoms with Crippen LogP contribution in [0.4, 0.5) is 0 Å². The van der Waals surface area contributed by atoms with Gasteiger partial charge in [-0.05, 0) is 30.7 Å². The fraction of sp³-hybridized carbons (Fsp3) is 0.286. The fourth-order valence-corrected chi connectivity index (χ4v) is 2.78. The Labute approximate surface area is 173 Å². The van der Waals surface area contributed by atoms with Gasteiger partial charge in [-0.2, -0.15) is 0 Å². The largest absolute Gasteiger partial charge is 0.493 e. The number of benzene rings is 2. The number of unbranched alkanes of at least 4 members (excludes halogenated alkanes) is 1. The van der Waals surface area contributed by atoms with Crippen LogP contribution in [0.1, 0.15) is 36.0 Å². The number of aromatic nitrogens is 2. The van der Waals surface area contributed by atoms with E-state index in [4.69, 9.17) is 30.2 Å². The van der Waals surface area contributed by atoms with E-state index in [9.17, 15) is 4.79 Å². The molecule has 0 amide bonds. The second kappa shape index (κ2) is 9.93. The zero-order chi connectivity index (χ0) is 20.6. The number of methoxy groups -OCH3 is 1. The second-order valence-corrected chi connectivity index (χ2v) is 6.54. The number of rotatable bonds is 9. The Balaban J connectivity index is 1.66. The summed E-state index contributed by atoms with van der Waals surface area (Å²) in [5.41, 5.74) is 1.02. The molecule has 152 valence electrons. The third kappa shape index (κ3) is 5.26. The van der Waals surface area contributed by atoms with Gasteiger partial charge in [0.2, 0.25) is 5.89 Å². The first kappa shape index (κ1) is 20.7. The summed E-state index contributed by atoms with van der Waals surface area (Å²) < 4.78 is 21.8. The van der Waals surface area contributed by atoms with E-state index in [2.05, 4.69) is 17.1 Å². The van der Waals surface area contributed by atoms with E-state index in [0.717, 1.165) is 18.4 Å². The molecule has 2 aromatic carbocycles. The van der Waals surface area contributed by atoms with Crippen LogP contribution in [-0.2, 0) is 11.3 Å². The first-order valence-corrected chi connectivity index (χ1v) is 9.55. The maximum atomic E-state index is 12.4. The van der Waals surface area contributed by atoms with E-state index < -0.39 is 5.97 Å². The highest BCUT2D eigenvalue weighted by Crippen LogP contribution is 2.36. The Hall–Kier alpha value is -3.06. The molecule has 0 aliphatic carbocycles. The zero-order valence-corrected chi connectivity index (χ0v) is 16.9. The highest BCUT2D eigenvalue weighted by Gasteiger charge is 2.18. The van der Waals surface area contributed by atoms with Crippen LogP contribution < -0.4 is 9.47 Å². The SMILES string of the molecule is CCCCOc1c(Cl)cc(C(=O)OCc2nnc(-c3ccccc3)o2)cc1OC. The molecule has 0 radical (unpaired) electrons. The van der Waals surface area contributed by atoms with Crippen LogP contribution in [0, 0.1) is 0 Å².